The van der Waals surface area contributed by atoms with Crippen molar-refractivity contribution in [3.05, 3.63) is 59.4 Å². The number of carbonyl (C=O) groups excluding carboxylic acids is 1. The van der Waals surface area contributed by atoms with Gasteiger partial charge in [-0.05, 0) is 42.3 Å². The summed E-state index contributed by atoms with van der Waals surface area (Å²) in [6.07, 6.45) is 1.74. The molecule has 2 aromatic rings. The molecule has 0 atom stereocenters. The van der Waals surface area contributed by atoms with Gasteiger partial charge in [0.2, 0.25) is 0 Å². The van der Waals surface area contributed by atoms with Crippen LogP contribution < -0.4 is 9.47 Å². The summed E-state index contributed by atoms with van der Waals surface area (Å²) in [5.41, 5.74) is 1.70. The minimum atomic E-state index is -0.455. The molecule has 0 bridgehead atoms. The van der Waals surface area contributed by atoms with Crippen LogP contribution in [0.25, 0.3) is 11.6 Å². The fourth-order valence-corrected chi connectivity index (χ4v) is 2.38. The molecule has 0 radical (unpaired) electrons. The van der Waals surface area contributed by atoms with Gasteiger partial charge in [-0.2, -0.15) is 0 Å². The predicted molar refractivity (Wildman–Crippen MR) is 95.1 cm³/mol. The zero-order chi connectivity index (χ0) is 18.2. The van der Waals surface area contributed by atoms with Gasteiger partial charge in [0.15, 0.2) is 0 Å². The molecule has 0 aliphatic heterocycles. The standard InChI is InChI=1S/C20H21FO4/c1-4-25-20(22)12-15(11-14-5-7-16(23-2)8-6-14)18-10-9-17(24-3)13-19(18)21/h5-11,13H,4,12H2,1-3H3/b15-11+. The number of rotatable bonds is 7. The van der Waals surface area contributed by atoms with Crippen molar-refractivity contribution in [1.29, 1.82) is 0 Å². The van der Waals surface area contributed by atoms with Crippen molar-refractivity contribution in [2.45, 2.75) is 13.3 Å². The summed E-state index contributed by atoms with van der Waals surface area (Å²) in [6, 6.07) is 11.8. The first-order chi connectivity index (χ1) is 12.1. The zero-order valence-electron chi connectivity index (χ0n) is 14.5. The minimum absolute atomic E-state index is 0.0247. The third-order valence-corrected chi connectivity index (χ3v) is 3.62. The Morgan fingerprint density at radius 1 is 1.04 bits per heavy atom. The van der Waals surface area contributed by atoms with Crippen molar-refractivity contribution in [3.63, 3.8) is 0 Å². The van der Waals surface area contributed by atoms with Gasteiger partial charge in [0, 0.05) is 11.6 Å². The molecule has 0 N–H and O–H groups in total. The van der Waals surface area contributed by atoms with Gasteiger partial charge in [-0.1, -0.05) is 18.2 Å². The first kappa shape index (κ1) is 18.5. The highest BCUT2D eigenvalue weighted by Gasteiger charge is 2.14. The van der Waals surface area contributed by atoms with Crippen molar-refractivity contribution in [2.24, 2.45) is 0 Å². The number of benzene rings is 2. The number of carbonyl (C=O) groups is 1. The van der Waals surface area contributed by atoms with E-state index in [9.17, 15) is 9.18 Å². The minimum Gasteiger partial charge on any atom is -0.497 e. The van der Waals surface area contributed by atoms with Crippen LogP contribution in [0.2, 0.25) is 0 Å². The quantitative estimate of drug-likeness (QED) is 0.554. The molecule has 0 spiro atoms. The van der Waals surface area contributed by atoms with Crippen LogP contribution in [0.4, 0.5) is 4.39 Å². The SMILES string of the molecule is CCOC(=O)C/C(=C\c1ccc(OC)cc1)c1ccc(OC)cc1F. The molecule has 0 aliphatic rings. The van der Waals surface area contributed by atoms with Crippen LogP contribution in [0, 0.1) is 5.82 Å². The Balaban J connectivity index is 2.41. The van der Waals surface area contributed by atoms with E-state index in [1.165, 1.54) is 13.2 Å². The number of methoxy groups -OCH3 is 2. The second-order valence-electron chi connectivity index (χ2n) is 5.27. The highest BCUT2D eigenvalue weighted by molar-refractivity contribution is 5.92. The van der Waals surface area contributed by atoms with E-state index in [2.05, 4.69) is 0 Å². The Morgan fingerprint density at radius 2 is 1.68 bits per heavy atom. The second-order valence-corrected chi connectivity index (χ2v) is 5.27. The Hall–Kier alpha value is -2.82. The molecule has 0 amide bonds. The van der Waals surface area contributed by atoms with Crippen LogP contribution in [0.3, 0.4) is 0 Å². The summed E-state index contributed by atoms with van der Waals surface area (Å²) in [5.74, 6) is 0.279. The molecule has 4 nitrogen and oxygen atoms in total. The Bertz CT molecular complexity index is 751. The highest BCUT2D eigenvalue weighted by atomic mass is 19.1. The van der Waals surface area contributed by atoms with Crippen molar-refractivity contribution >= 4 is 17.6 Å². The summed E-state index contributed by atoms with van der Waals surface area (Å²) >= 11 is 0. The van der Waals surface area contributed by atoms with E-state index < -0.39 is 11.8 Å². The van der Waals surface area contributed by atoms with Gasteiger partial charge in [-0.15, -0.1) is 0 Å². The van der Waals surface area contributed by atoms with Gasteiger partial charge in [0.1, 0.15) is 17.3 Å². The predicted octanol–water partition coefficient (Wildman–Crippen LogP) is 4.34. The molecule has 0 unspecified atom stereocenters. The molecular formula is C20H21FO4. The number of ether oxygens (including phenoxy) is 3. The van der Waals surface area contributed by atoms with E-state index >= 15 is 0 Å². The van der Waals surface area contributed by atoms with E-state index in [1.807, 2.05) is 12.1 Å². The molecule has 25 heavy (non-hydrogen) atoms. The molecule has 5 heteroatoms. The van der Waals surface area contributed by atoms with Crippen molar-refractivity contribution in [3.8, 4) is 11.5 Å². The topological polar surface area (TPSA) is 44.8 Å². The lowest BCUT2D eigenvalue weighted by atomic mass is 9.99. The van der Waals surface area contributed by atoms with Crippen molar-refractivity contribution < 1.29 is 23.4 Å². The van der Waals surface area contributed by atoms with Crippen molar-refractivity contribution in [1.82, 2.24) is 0 Å². The van der Waals surface area contributed by atoms with E-state index in [0.717, 1.165) is 11.3 Å². The maximum Gasteiger partial charge on any atom is 0.310 e. The van der Waals surface area contributed by atoms with Gasteiger partial charge in [-0.25, -0.2) is 4.39 Å². The van der Waals surface area contributed by atoms with Crippen LogP contribution >= 0.6 is 0 Å². The summed E-state index contributed by atoms with van der Waals surface area (Å²) in [4.78, 5) is 11.9. The molecule has 0 saturated carbocycles. The van der Waals surface area contributed by atoms with Gasteiger partial charge in [0.25, 0.3) is 0 Å². The number of hydrogen-bond donors (Lipinski definition) is 0. The third-order valence-electron chi connectivity index (χ3n) is 3.62. The van der Waals surface area contributed by atoms with Gasteiger partial charge < -0.3 is 14.2 Å². The molecular weight excluding hydrogens is 323 g/mol. The fraction of sp³-hybridized carbons (Fsp3) is 0.250. The van der Waals surface area contributed by atoms with E-state index in [-0.39, 0.29) is 13.0 Å². The number of halogens is 1. The molecule has 0 aromatic heterocycles. The summed E-state index contributed by atoms with van der Waals surface area (Å²) in [5, 5.41) is 0. The average Bonchev–Trinajstić information content (AvgIpc) is 2.62. The lowest BCUT2D eigenvalue weighted by Crippen LogP contribution is -2.05. The molecule has 0 saturated heterocycles. The molecule has 2 rings (SSSR count). The van der Waals surface area contributed by atoms with Crippen LogP contribution in [0.5, 0.6) is 11.5 Å². The lowest BCUT2D eigenvalue weighted by Gasteiger charge is -2.11. The second kappa shape index (κ2) is 8.87. The van der Waals surface area contributed by atoms with Crippen LogP contribution in [0.15, 0.2) is 42.5 Å². The van der Waals surface area contributed by atoms with E-state index in [0.29, 0.717) is 16.9 Å². The monoisotopic (exact) mass is 344 g/mol. The molecule has 0 heterocycles. The average molecular weight is 344 g/mol. The van der Waals surface area contributed by atoms with Crippen LogP contribution in [-0.2, 0) is 9.53 Å². The first-order valence-corrected chi connectivity index (χ1v) is 7.91. The summed E-state index contributed by atoms with van der Waals surface area (Å²) < 4.78 is 29.6. The molecule has 0 aliphatic carbocycles. The Labute approximate surface area is 146 Å². The van der Waals surface area contributed by atoms with Crippen LogP contribution in [0.1, 0.15) is 24.5 Å². The largest absolute Gasteiger partial charge is 0.497 e. The maximum absolute atomic E-state index is 14.5. The number of esters is 1. The van der Waals surface area contributed by atoms with E-state index in [4.69, 9.17) is 14.2 Å². The smallest absolute Gasteiger partial charge is 0.310 e. The maximum atomic E-state index is 14.5. The van der Waals surface area contributed by atoms with Crippen LogP contribution in [-0.4, -0.2) is 26.8 Å². The summed E-state index contributed by atoms with van der Waals surface area (Å²) in [7, 11) is 3.06. The number of hydrogen-bond acceptors (Lipinski definition) is 4. The van der Waals surface area contributed by atoms with Gasteiger partial charge in [0.05, 0.1) is 27.2 Å². The Morgan fingerprint density at radius 3 is 2.24 bits per heavy atom. The van der Waals surface area contributed by atoms with E-state index in [1.54, 1.807) is 44.4 Å². The van der Waals surface area contributed by atoms with Gasteiger partial charge >= 0.3 is 5.97 Å². The van der Waals surface area contributed by atoms with Crippen molar-refractivity contribution in [2.75, 3.05) is 20.8 Å². The first-order valence-electron chi connectivity index (χ1n) is 7.91. The summed E-state index contributed by atoms with van der Waals surface area (Å²) in [6.45, 7) is 2.01. The highest BCUT2D eigenvalue weighted by Crippen LogP contribution is 2.28. The normalized spacial score (nSPS) is 11.1. The Kier molecular flexibility index (Phi) is 6.57. The van der Waals surface area contributed by atoms with Gasteiger partial charge in [-0.3, -0.25) is 4.79 Å². The lowest BCUT2D eigenvalue weighted by molar-refractivity contribution is -0.141. The zero-order valence-corrected chi connectivity index (χ0v) is 14.5. The third kappa shape index (κ3) is 5.08. The molecule has 132 valence electrons. The molecule has 0 fully saturated rings. The molecule has 2 aromatic carbocycles. The fourth-order valence-electron chi connectivity index (χ4n) is 2.38.